The van der Waals surface area contributed by atoms with E-state index in [9.17, 15) is 19.5 Å². The molecule has 2 atom stereocenters. The number of amides is 1. The number of carboxylic acids is 1. The number of unbranched alkanes of at least 4 members (excludes halogenated alkanes) is 1. The number of ether oxygens (including phenoxy) is 1. The van der Waals surface area contributed by atoms with E-state index in [2.05, 4.69) is 5.32 Å². The number of benzene rings is 1. The maximum absolute atomic E-state index is 12.2. The van der Waals surface area contributed by atoms with Crippen LogP contribution in [0.4, 0.5) is 0 Å². The molecule has 0 spiro atoms. The molecule has 0 bridgehead atoms. The zero-order chi connectivity index (χ0) is 20.1. The molecule has 7 nitrogen and oxygen atoms in total. The first-order chi connectivity index (χ1) is 12.7. The van der Waals surface area contributed by atoms with Crippen molar-refractivity contribution in [1.82, 2.24) is 5.32 Å². The molecule has 27 heavy (non-hydrogen) atoms. The van der Waals surface area contributed by atoms with Crippen LogP contribution in [0.2, 0.25) is 0 Å². The van der Waals surface area contributed by atoms with Crippen molar-refractivity contribution in [2.24, 2.45) is 0 Å². The molecule has 0 fully saturated rings. The zero-order valence-corrected chi connectivity index (χ0v) is 16.0. The summed E-state index contributed by atoms with van der Waals surface area (Å²) >= 11 is 0. The summed E-state index contributed by atoms with van der Waals surface area (Å²) in [5, 5.41) is 14.4. The first-order valence-corrected chi connectivity index (χ1v) is 8.96. The monoisotopic (exact) mass is 374 g/mol. The van der Waals surface area contributed by atoms with E-state index < -0.39 is 29.6 Å². The maximum atomic E-state index is 12.2. The fourth-order valence-corrected chi connectivity index (χ4v) is 2.71. The van der Waals surface area contributed by atoms with Gasteiger partial charge in [-0.25, -0.2) is 4.79 Å². The average molecular weight is 374 g/mol. The van der Waals surface area contributed by atoms with Gasteiger partial charge in [-0.2, -0.15) is 0 Å². The summed E-state index contributed by atoms with van der Waals surface area (Å²) in [6.07, 6.45) is 0.852. The third kappa shape index (κ3) is 4.87. The van der Waals surface area contributed by atoms with Gasteiger partial charge in [-0.3, -0.25) is 4.79 Å². The van der Waals surface area contributed by atoms with Crippen molar-refractivity contribution in [1.29, 1.82) is 0 Å². The van der Waals surface area contributed by atoms with Crippen LogP contribution in [0, 0.1) is 13.8 Å². The molecule has 1 heterocycles. The molecule has 1 N–H and O–H groups in total. The molecule has 1 aromatic carbocycles. The molecule has 1 amide bonds. The lowest BCUT2D eigenvalue weighted by Crippen LogP contribution is -2.51. The normalized spacial score (nSPS) is 13.2. The van der Waals surface area contributed by atoms with Gasteiger partial charge in [-0.15, -0.1) is 0 Å². The Hall–Kier alpha value is -2.83. The van der Waals surface area contributed by atoms with E-state index >= 15 is 0 Å². The van der Waals surface area contributed by atoms with Gasteiger partial charge in [0.15, 0.2) is 6.10 Å². The molecule has 2 rings (SSSR count). The topological polar surface area (TPSA) is 109 Å². The number of carbonyl (C=O) groups is 2. The lowest BCUT2D eigenvalue weighted by Gasteiger charge is -2.22. The fourth-order valence-electron chi connectivity index (χ4n) is 2.71. The van der Waals surface area contributed by atoms with Gasteiger partial charge in [0, 0.05) is 17.0 Å². The zero-order valence-electron chi connectivity index (χ0n) is 16.0. The minimum atomic E-state index is -1.32. The van der Waals surface area contributed by atoms with Crippen LogP contribution in [-0.4, -0.2) is 24.0 Å². The van der Waals surface area contributed by atoms with Gasteiger partial charge >= 0.3 is 5.63 Å². The molecular formula is C20H24NO6-. The largest absolute Gasteiger partial charge is 0.548 e. The Balaban J connectivity index is 2.13. The molecule has 0 aliphatic rings. The standard InChI is InChI=1S/C20H25NO6/c1-5-6-7-16(19(23)24)21-18(22)13(4)26-14-8-9-15-11(2)12(3)20(25)27-17(15)10-14/h8-10,13,16H,5-7H2,1-4H3,(H,21,22)(H,23,24)/p-1/t13-,16-/m1/s1. The summed E-state index contributed by atoms with van der Waals surface area (Å²) in [5.41, 5.74) is 1.31. The highest BCUT2D eigenvalue weighted by Gasteiger charge is 2.20. The van der Waals surface area contributed by atoms with Gasteiger partial charge in [-0.05, 0) is 44.9 Å². The van der Waals surface area contributed by atoms with Crippen molar-refractivity contribution >= 4 is 22.8 Å². The average Bonchev–Trinajstić information content (AvgIpc) is 2.62. The number of fused-ring (bicyclic) bond motifs is 1. The number of nitrogens with one attached hydrogen (secondary N) is 1. The lowest BCUT2D eigenvalue weighted by molar-refractivity contribution is -0.308. The van der Waals surface area contributed by atoms with Crippen molar-refractivity contribution in [2.75, 3.05) is 0 Å². The summed E-state index contributed by atoms with van der Waals surface area (Å²) in [6, 6.07) is 3.92. The molecule has 0 saturated carbocycles. The van der Waals surface area contributed by atoms with Crippen LogP contribution in [0.15, 0.2) is 27.4 Å². The van der Waals surface area contributed by atoms with Crippen LogP contribution >= 0.6 is 0 Å². The Kier molecular flexibility index (Phi) is 6.60. The maximum Gasteiger partial charge on any atom is 0.339 e. The smallest absolute Gasteiger partial charge is 0.339 e. The summed E-state index contributed by atoms with van der Waals surface area (Å²) in [7, 11) is 0. The van der Waals surface area contributed by atoms with Crippen molar-refractivity contribution < 1.29 is 23.8 Å². The van der Waals surface area contributed by atoms with Crippen molar-refractivity contribution in [3.05, 3.63) is 39.7 Å². The van der Waals surface area contributed by atoms with E-state index in [0.29, 0.717) is 29.7 Å². The molecule has 1 aromatic heterocycles. The van der Waals surface area contributed by atoms with E-state index in [0.717, 1.165) is 17.4 Å². The first-order valence-electron chi connectivity index (χ1n) is 8.96. The molecule has 7 heteroatoms. The quantitative estimate of drug-likeness (QED) is 0.703. The molecule has 2 aromatic rings. The van der Waals surface area contributed by atoms with Gasteiger partial charge in [-0.1, -0.05) is 19.8 Å². The van der Waals surface area contributed by atoms with Gasteiger partial charge in [0.2, 0.25) is 0 Å². The number of aryl methyl sites for hydroxylation is 1. The highest BCUT2D eigenvalue weighted by atomic mass is 16.5. The van der Waals surface area contributed by atoms with Crippen molar-refractivity contribution in [3.63, 3.8) is 0 Å². The third-order valence-electron chi connectivity index (χ3n) is 4.56. The molecule has 0 saturated heterocycles. The van der Waals surface area contributed by atoms with Crippen molar-refractivity contribution in [2.45, 2.75) is 59.1 Å². The summed E-state index contributed by atoms with van der Waals surface area (Å²) in [4.78, 5) is 35.2. The molecule has 0 aliphatic carbocycles. The van der Waals surface area contributed by atoms with Crippen LogP contribution < -0.4 is 20.8 Å². The lowest BCUT2D eigenvalue weighted by atomic mass is 10.1. The second kappa shape index (κ2) is 8.70. The highest BCUT2D eigenvalue weighted by molar-refractivity contribution is 5.86. The van der Waals surface area contributed by atoms with Crippen LogP contribution in [0.5, 0.6) is 5.75 Å². The Labute approximate surface area is 157 Å². The van der Waals surface area contributed by atoms with E-state index in [4.69, 9.17) is 9.15 Å². The molecule has 0 unspecified atom stereocenters. The predicted octanol–water partition coefficient (Wildman–Crippen LogP) is 1.60. The van der Waals surface area contributed by atoms with Crippen LogP contribution in [0.3, 0.4) is 0 Å². The Morgan fingerprint density at radius 2 is 1.96 bits per heavy atom. The van der Waals surface area contributed by atoms with E-state index in [1.54, 1.807) is 25.1 Å². The Morgan fingerprint density at radius 3 is 2.59 bits per heavy atom. The Bertz CT molecular complexity index is 901. The van der Waals surface area contributed by atoms with Gasteiger partial charge in [0.1, 0.15) is 11.3 Å². The number of rotatable bonds is 8. The van der Waals surface area contributed by atoms with Gasteiger partial charge in [0.25, 0.3) is 5.91 Å². The Morgan fingerprint density at radius 1 is 1.26 bits per heavy atom. The van der Waals surface area contributed by atoms with E-state index in [-0.39, 0.29) is 0 Å². The molecule has 146 valence electrons. The number of hydrogen-bond donors (Lipinski definition) is 1. The predicted molar refractivity (Wildman–Crippen MR) is 98.5 cm³/mol. The van der Waals surface area contributed by atoms with Crippen LogP contribution in [0.1, 0.15) is 44.2 Å². The summed E-state index contributed by atoms with van der Waals surface area (Å²) in [6.45, 7) is 6.98. The van der Waals surface area contributed by atoms with Crippen LogP contribution in [0.25, 0.3) is 11.0 Å². The number of hydrogen-bond acceptors (Lipinski definition) is 6. The molecular weight excluding hydrogens is 350 g/mol. The second-order valence-corrected chi connectivity index (χ2v) is 6.58. The summed E-state index contributed by atoms with van der Waals surface area (Å²) < 4.78 is 10.9. The fraction of sp³-hybridized carbons (Fsp3) is 0.450. The number of carboxylic acid groups (broad SMARTS) is 1. The highest BCUT2D eigenvalue weighted by Crippen LogP contribution is 2.24. The van der Waals surface area contributed by atoms with E-state index in [1.165, 1.54) is 6.92 Å². The van der Waals surface area contributed by atoms with Crippen molar-refractivity contribution in [3.8, 4) is 5.75 Å². The van der Waals surface area contributed by atoms with Crippen LogP contribution in [-0.2, 0) is 9.59 Å². The summed E-state index contributed by atoms with van der Waals surface area (Å²) in [5.74, 6) is -1.53. The van der Waals surface area contributed by atoms with Gasteiger partial charge < -0.3 is 24.4 Å². The van der Waals surface area contributed by atoms with E-state index in [1.807, 2.05) is 13.8 Å². The molecule has 0 aliphatic heterocycles. The second-order valence-electron chi connectivity index (χ2n) is 6.58. The minimum Gasteiger partial charge on any atom is -0.548 e. The SMILES string of the molecule is CCCC[C@@H](NC(=O)[C@@H](C)Oc1ccc2c(C)c(C)c(=O)oc2c1)C(=O)[O-]. The molecule has 0 radical (unpaired) electrons. The third-order valence-corrected chi connectivity index (χ3v) is 4.56. The van der Waals surface area contributed by atoms with Gasteiger partial charge in [0.05, 0.1) is 12.0 Å². The number of aliphatic carboxylic acids is 1. The number of carbonyl (C=O) groups excluding carboxylic acids is 2. The first kappa shape index (κ1) is 20.5. The minimum absolute atomic E-state index is 0.303.